The Morgan fingerprint density at radius 2 is 2.08 bits per heavy atom. The fraction of sp³-hybridized carbons (Fsp3) is 0.350. The molecule has 1 unspecified atom stereocenters. The first kappa shape index (κ1) is 18.7. The molecular formula is C20H22ClFN2O2. The highest BCUT2D eigenvalue weighted by Gasteiger charge is 2.24. The van der Waals surface area contributed by atoms with Crippen LogP contribution in [-0.2, 0) is 0 Å². The van der Waals surface area contributed by atoms with Crippen molar-refractivity contribution in [2.45, 2.75) is 12.8 Å². The van der Waals surface area contributed by atoms with Crippen molar-refractivity contribution in [3.63, 3.8) is 0 Å². The summed E-state index contributed by atoms with van der Waals surface area (Å²) in [5.41, 5.74) is 0.344. The minimum atomic E-state index is -0.561. The largest absolute Gasteiger partial charge is 0.454 e. The Morgan fingerprint density at radius 1 is 1.31 bits per heavy atom. The molecule has 1 heterocycles. The van der Waals surface area contributed by atoms with Gasteiger partial charge in [0.05, 0.1) is 0 Å². The van der Waals surface area contributed by atoms with E-state index < -0.39 is 5.82 Å². The van der Waals surface area contributed by atoms with Crippen molar-refractivity contribution in [2.24, 2.45) is 5.92 Å². The van der Waals surface area contributed by atoms with Gasteiger partial charge in [-0.05, 0) is 74.8 Å². The number of benzene rings is 2. The number of carbonyl (C=O) groups is 1. The SMILES string of the molecule is CNCC1CCCN(C(=O)c2ccc(Oc3ccc(Cl)cc3)c(F)c2)C1. The van der Waals surface area contributed by atoms with Crippen LogP contribution in [0.3, 0.4) is 0 Å². The predicted octanol–water partition coefficient (Wildman–Crippen LogP) is 4.34. The molecule has 6 heteroatoms. The first-order chi connectivity index (χ1) is 12.6. The monoisotopic (exact) mass is 376 g/mol. The third-order valence-electron chi connectivity index (χ3n) is 4.52. The molecule has 1 fully saturated rings. The summed E-state index contributed by atoms with van der Waals surface area (Å²) in [5.74, 6) is 0.307. The van der Waals surface area contributed by atoms with Crippen molar-refractivity contribution in [3.05, 3.63) is 58.9 Å². The molecule has 1 aliphatic heterocycles. The van der Waals surface area contributed by atoms with Gasteiger partial charge in [-0.25, -0.2) is 4.39 Å². The first-order valence-electron chi connectivity index (χ1n) is 8.73. The van der Waals surface area contributed by atoms with Crippen molar-refractivity contribution in [3.8, 4) is 11.5 Å². The Bertz CT molecular complexity index is 765. The lowest BCUT2D eigenvalue weighted by Gasteiger charge is -2.32. The maximum Gasteiger partial charge on any atom is 0.253 e. The van der Waals surface area contributed by atoms with Crippen LogP contribution in [0.15, 0.2) is 42.5 Å². The zero-order chi connectivity index (χ0) is 18.5. The number of hydrogen-bond acceptors (Lipinski definition) is 3. The van der Waals surface area contributed by atoms with E-state index in [1.807, 2.05) is 7.05 Å². The zero-order valence-corrected chi connectivity index (χ0v) is 15.4. The average molecular weight is 377 g/mol. The van der Waals surface area contributed by atoms with E-state index in [0.717, 1.165) is 19.4 Å². The molecule has 4 nitrogen and oxygen atoms in total. The summed E-state index contributed by atoms with van der Waals surface area (Å²) in [6, 6.07) is 11.0. The second kappa shape index (κ2) is 8.52. The van der Waals surface area contributed by atoms with Crippen LogP contribution < -0.4 is 10.1 Å². The molecule has 3 rings (SSSR count). The Kier molecular flexibility index (Phi) is 6.12. The Balaban J connectivity index is 1.70. The standard InChI is InChI=1S/C20H22ClFN2O2/c1-23-12-14-3-2-10-24(13-14)20(25)15-4-9-19(18(22)11-15)26-17-7-5-16(21)6-8-17/h4-9,11,14,23H,2-3,10,12-13H2,1H3. The number of piperidine rings is 1. The summed E-state index contributed by atoms with van der Waals surface area (Å²) in [4.78, 5) is 14.5. The van der Waals surface area contributed by atoms with Crippen molar-refractivity contribution < 1.29 is 13.9 Å². The van der Waals surface area contributed by atoms with Gasteiger partial charge in [0, 0.05) is 23.7 Å². The van der Waals surface area contributed by atoms with Gasteiger partial charge in [-0.15, -0.1) is 0 Å². The van der Waals surface area contributed by atoms with Crippen LogP contribution in [-0.4, -0.2) is 37.5 Å². The Labute approximate surface area is 157 Å². The molecule has 2 aromatic carbocycles. The molecule has 138 valence electrons. The molecule has 26 heavy (non-hydrogen) atoms. The van der Waals surface area contributed by atoms with Gasteiger partial charge in [-0.2, -0.15) is 0 Å². The van der Waals surface area contributed by atoms with Gasteiger partial charge >= 0.3 is 0 Å². The molecule has 0 spiro atoms. The lowest BCUT2D eigenvalue weighted by molar-refractivity contribution is 0.0673. The van der Waals surface area contributed by atoms with Crippen LogP contribution in [0.25, 0.3) is 0 Å². The highest BCUT2D eigenvalue weighted by Crippen LogP contribution is 2.27. The van der Waals surface area contributed by atoms with Gasteiger partial charge in [0.25, 0.3) is 5.91 Å². The van der Waals surface area contributed by atoms with Gasteiger partial charge in [0.2, 0.25) is 0 Å². The number of likely N-dealkylation sites (tertiary alicyclic amines) is 1. The Morgan fingerprint density at radius 3 is 2.77 bits per heavy atom. The zero-order valence-electron chi connectivity index (χ0n) is 14.7. The molecule has 0 radical (unpaired) electrons. The molecule has 1 N–H and O–H groups in total. The van der Waals surface area contributed by atoms with Crippen LogP contribution >= 0.6 is 11.6 Å². The van der Waals surface area contributed by atoms with E-state index >= 15 is 0 Å². The van der Waals surface area contributed by atoms with E-state index in [-0.39, 0.29) is 11.7 Å². The number of nitrogens with one attached hydrogen (secondary N) is 1. The van der Waals surface area contributed by atoms with E-state index in [1.165, 1.54) is 12.1 Å². The van der Waals surface area contributed by atoms with Crippen LogP contribution in [0, 0.1) is 11.7 Å². The second-order valence-corrected chi connectivity index (χ2v) is 6.95. The van der Waals surface area contributed by atoms with E-state index in [4.69, 9.17) is 16.3 Å². The minimum Gasteiger partial charge on any atom is -0.454 e. The molecule has 0 aliphatic carbocycles. The fourth-order valence-electron chi connectivity index (χ4n) is 3.23. The molecule has 1 aliphatic rings. The maximum absolute atomic E-state index is 14.4. The van der Waals surface area contributed by atoms with Gasteiger partial charge < -0.3 is 15.0 Å². The summed E-state index contributed by atoms with van der Waals surface area (Å²) in [5, 5.41) is 3.74. The van der Waals surface area contributed by atoms with Crippen molar-refractivity contribution in [1.82, 2.24) is 10.2 Å². The summed E-state index contributed by atoms with van der Waals surface area (Å²) >= 11 is 5.83. The molecule has 1 amide bonds. The highest BCUT2D eigenvalue weighted by molar-refractivity contribution is 6.30. The van der Waals surface area contributed by atoms with Gasteiger partial charge in [-0.3, -0.25) is 4.79 Å². The van der Waals surface area contributed by atoms with Crippen LogP contribution in [0.1, 0.15) is 23.2 Å². The average Bonchev–Trinajstić information content (AvgIpc) is 2.65. The minimum absolute atomic E-state index is 0.0792. The van der Waals surface area contributed by atoms with E-state index in [1.54, 1.807) is 35.2 Å². The topological polar surface area (TPSA) is 41.6 Å². The number of amides is 1. The molecule has 1 atom stereocenters. The first-order valence-corrected chi connectivity index (χ1v) is 9.11. The molecule has 0 aromatic heterocycles. The predicted molar refractivity (Wildman–Crippen MR) is 100 cm³/mol. The summed E-state index contributed by atoms with van der Waals surface area (Å²) in [6.07, 6.45) is 2.07. The number of nitrogens with zero attached hydrogens (tertiary/aromatic N) is 1. The number of halogens is 2. The quantitative estimate of drug-likeness (QED) is 0.843. The third-order valence-corrected chi connectivity index (χ3v) is 4.77. The molecule has 1 saturated heterocycles. The smallest absolute Gasteiger partial charge is 0.253 e. The summed E-state index contributed by atoms with van der Waals surface area (Å²) in [6.45, 7) is 2.29. The number of hydrogen-bond donors (Lipinski definition) is 1. The van der Waals surface area contributed by atoms with Gasteiger partial charge in [-0.1, -0.05) is 11.6 Å². The molecular weight excluding hydrogens is 355 g/mol. The van der Waals surface area contributed by atoms with Crippen LogP contribution in [0.4, 0.5) is 4.39 Å². The van der Waals surface area contributed by atoms with E-state index in [9.17, 15) is 9.18 Å². The lowest BCUT2D eigenvalue weighted by Crippen LogP contribution is -2.42. The van der Waals surface area contributed by atoms with Crippen LogP contribution in [0.2, 0.25) is 5.02 Å². The van der Waals surface area contributed by atoms with Gasteiger partial charge in [0.1, 0.15) is 5.75 Å². The maximum atomic E-state index is 14.4. The fourth-order valence-corrected chi connectivity index (χ4v) is 3.36. The Hall–Kier alpha value is -2.11. The normalized spacial score (nSPS) is 17.2. The van der Waals surface area contributed by atoms with Gasteiger partial charge in [0.15, 0.2) is 11.6 Å². The third kappa shape index (κ3) is 4.54. The van der Waals surface area contributed by atoms with Crippen molar-refractivity contribution >= 4 is 17.5 Å². The molecule has 0 saturated carbocycles. The second-order valence-electron chi connectivity index (χ2n) is 6.52. The number of ether oxygens (including phenoxy) is 1. The van der Waals surface area contributed by atoms with Crippen molar-refractivity contribution in [1.29, 1.82) is 0 Å². The number of carbonyl (C=O) groups excluding carboxylic acids is 1. The van der Waals surface area contributed by atoms with E-state index in [2.05, 4.69) is 5.32 Å². The van der Waals surface area contributed by atoms with Crippen LogP contribution in [0.5, 0.6) is 11.5 Å². The van der Waals surface area contributed by atoms with E-state index in [0.29, 0.717) is 35.3 Å². The molecule has 0 bridgehead atoms. The highest BCUT2D eigenvalue weighted by atomic mass is 35.5. The molecule has 2 aromatic rings. The number of rotatable bonds is 5. The summed E-state index contributed by atoms with van der Waals surface area (Å²) < 4.78 is 19.9. The summed E-state index contributed by atoms with van der Waals surface area (Å²) in [7, 11) is 1.91. The van der Waals surface area contributed by atoms with Crippen molar-refractivity contribution in [2.75, 3.05) is 26.7 Å². The lowest BCUT2D eigenvalue weighted by atomic mass is 9.97.